The van der Waals surface area contributed by atoms with Crippen molar-refractivity contribution in [2.24, 2.45) is 5.73 Å². The van der Waals surface area contributed by atoms with Gasteiger partial charge in [-0.05, 0) is 42.5 Å². The first-order chi connectivity index (χ1) is 20.5. The molecule has 0 saturated carbocycles. The molecular formula is C28H33F2N7O6. The average molecular weight is 602 g/mol. The summed E-state index contributed by atoms with van der Waals surface area (Å²) in [6.07, 6.45) is -0.566. The summed E-state index contributed by atoms with van der Waals surface area (Å²) in [6, 6.07) is 10.8. The van der Waals surface area contributed by atoms with Crippen LogP contribution in [0.25, 0.3) is 0 Å². The molecular weight excluding hydrogens is 568 g/mol. The van der Waals surface area contributed by atoms with Gasteiger partial charge in [0.25, 0.3) is 0 Å². The van der Waals surface area contributed by atoms with E-state index in [2.05, 4.69) is 20.8 Å². The topological polar surface area (TPSA) is 164 Å². The third-order valence-corrected chi connectivity index (χ3v) is 6.53. The van der Waals surface area contributed by atoms with Crippen molar-refractivity contribution in [2.75, 3.05) is 26.3 Å². The second-order valence-electron chi connectivity index (χ2n) is 10.5. The van der Waals surface area contributed by atoms with Crippen molar-refractivity contribution >= 4 is 18.0 Å². The Hall–Kier alpha value is -4.50. The highest BCUT2D eigenvalue weighted by atomic mass is 19.1. The lowest BCUT2D eigenvalue weighted by Crippen LogP contribution is -2.51. The highest BCUT2D eigenvalue weighted by molar-refractivity contribution is 5.89. The van der Waals surface area contributed by atoms with Gasteiger partial charge in [0.2, 0.25) is 5.91 Å². The third-order valence-electron chi connectivity index (χ3n) is 6.53. The van der Waals surface area contributed by atoms with Crippen LogP contribution in [0.2, 0.25) is 0 Å². The number of hydrogen-bond donors (Lipinski definition) is 2. The maximum atomic E-state index is 14.0. The van der Waals surface area contributed by atoms with Gasteiger partial charge >= 0.3 is 12.1 Å². The summed E-state index contributed by atoms with van der Waals surface area (Å²) in [7, 11) is 0. The Kier molecular flexibility index (Phi) is 10.3. The maximum Gasteiger partial charge on any atom is 0.409 e. The number of ether oxygens (including phenoxy) is 3. The quantitative estimate of drug-likeness (QED) is 0.294. The molecule has 15 heteroatoms. The molecule has 4 rings (SSSR count). The summed E-state index contributed by atoms with van der Waals surface area (Å²) in [5.74, 6) is -2.28. The third kappa shape index (κ3) is 8.75. The molecule has 2 amide bonds. The number of likely N-dealkylation sites (tertiary alicyclic amines) is 1. The number of nitrogens with two attached hydrogens (primary N) is 1. The predicted molar refractivity (Wildman–Crippen MR) is 146 cm³/mol. The van der Waals surface area contributed by atoms with E-state index in [1.165, 1.54) is 29.5 Å². The molecule has 3 aromatic rings. The summed E-state index contributed by atoms with van der Waals surface area (Å²) >= 11 is 0. The van der Waals surface area contributed by atoms with E-state index < -0.39 is 47.3 Å². The van der Waals surface area contributed by atoms with Crippen LogP contribution in [-0.2, 0) is 32.2 Å². The van der Waals surface area contributed by atoms with Crippen molar-refractivity contribution in [3.8, 4) is 0 Å². The summed E-state index contributed by atoms with van der Waals surface area (Å²) in [5.41, 5.74) is 5.24. The number of halogens is 2. The van der Waals surface area contributed by atoms with E-state index in [1.54, 1.807) is 30.3 Å². The van der Waals surface area contributed by atoms with Gasteiger partial charge in [0.15, 0.2) is 5.82 Å². The molecule has 1 fully saturated rings. The Morgan fingerprint density at radius 3 is 2.65 bits per heavy atom. The van der Waals surface area contributed by atoms with Crippen LogP contribution in [0.1, 0.15) is 48.1 Å². The van der Waals surface area contributed by atoms with Crippen LogP contribution in [0, 0.1) is 11.6 Å². The molecule has 1 aromatic heterocycles. The Morgan fingerprint density at radius 1 is 1.16 bits per heavy atom. The van der Waals surface area contributed by atoms with Crippen molar-refractivity contribution in [3.63, 3.8) is 0 Å². The van der Waals surface area contributed by atoms with Crippen LogP contribution in [0.4, 0.5) is 13.6 Å². The number of rotatable bonds is 12. The van der Waals surface area contributed by atoms with Gasteiger partial charge in [-0.15, -0.1) is 5.10 Å². The predicted octanol–water partition coefficient (Wildman–Crippen LogP) is 2.13. The Labute approximate surface area is 246 Å². The normalized spacial score (nSPS) is 15.7. The minimum absolute atomic E-state index is 0.0410. The Morgan fingerprint density at radius 2 is 1.93 bits per heavy atom. The first kappa shape index (κ1) is 31.4. The summed E-state index contributed by atoms with van der Waals surface area (Å²) in [4.78, 5) is 39.0. The van der Waals surface area contributed by atoms with Crippen molar-refractivity contribution in [1.29, 1.82) is 0 Å². The summed E-state index contributed by atoms with van der Waals surface area (Å²) in [5, 5.41) is 14.3. The summed E-state index contributed by atoms with van der Waals surface area (Å²) in [6.45, 7) is 3.14. The maximum absolute atomic E-state index is 14.0. The van der Waals surface area contributed by atoms with Gasteiger partial charge in [0, 0.05) is 24.6 Å². The number of nitrogens with one attached hydrogen (secondary N) is 1. The lowest BCUT2D eigenvalue weighted by Gasteiger charge is -2.24. The molecule has 0 spiro atoms. The second-order valence-corrected chi connectivity index (χ2v) is 10.5. The lowest BCUT2D eigenvalue weighted by atomic mass is 10.1. The van der Waals surface area contributed by atoms with Gasteiger partial charge in [-0.2, -0.15) is 0 Å². The van der Waals surface area contributed by atoms with Crippen LogP contribution in [0.3, 0.4) is 0 Å². The van der Waals surface area contributed by atoms with E-state index >= 15 is 0 Å². The van der Waals surface area contributed by atoms with Crippen LogP contribution < -0.4 is 11.1 Å². The molecule has 1 aliphatic heterocycles. The molecule has 0 bridgehead atoms. The number of aromatic nitrogens is 4. The van der Waals surface area contributed by atoms with Gasteiger partial charge < -0.3 is 30.2 Å². The smallest absolute Gasteiger partial charge is 0.409 e. The molecule has 0 unspecified atom stereocenters. The molecule has 2 atom stereocenters. The van der Waals surface area contributed by atoms with Crippen molar-refractivity contribution in [2.45, 2.75) is 51.1 Å². The monoisotopic (exact) mass is 601 g/mol. The number of amides is 2. The van der Waals surface area contributed by atoms with E-state index in [4.69, 9.17) is 19.9 Å². The van der Waals surface area contributed by atoms with Crippen LogP contribution in [-0.4, -0.2) is 81.0 Å². The molecule has 13 nitrogen and oxygen atoms in total. The second kappa shape index (κ2) is 14.1. The molecule has 43 heavy (non-hydrogen) atoms. The highest BCUT2D eigenvalue weighted by Gasteiger charge is 2.31. The van der Waals surface area contributed by atoms with Crippen LogP contribution >= 0.6 is 0 Å². The summed E-state index contributed by atoms with van der Waals surface area (Å²) < 4.78 is 45.1. The Balaban J connectivity index is 1.31. The number of hydrogen-bond acceptors (Lipinski definition) is 10. The molecule has 3 N–H and O–H groups in total. The minimum Gasteiger partial charge on any atom is -0.457 e. The highest BCUT2D eigenvalue weighted by Crippen LogP contribution is 2.17. The fraction of sp³-hybridized carbons (Fsp3) is 0.429. The molecule has 2 aromatic carbocycles. The van der Waals surface area contributed by atoms with Gasteiger partial charge in [0.05, 0.1) is 37.4 Å². The number of esters is 1. The van der Waals surface area contributed by atoms with E-state index in [9.17, 15) is 23.2 Å². The zero-order valence-electron chi connectivity index (χ0n) is 23.7. The number of nitrogens with zero attached hydrogens (tertiary/aromatic N) is 5. The molecule has 1 saturated heterocycles. The van der Waals surface area contributed by atoms with E-state index in [0.29, 0.717) is 18.5 Å². The van der Waals surface area contributed by atoms with Gasteiger partial charge in [-0.25, -0.2) is 23.1 Å². The van der Waals surface area contributed by atoms with E-state index in [0.717, 1.165) is 12.1 Å². The van der Waals surface area contributed by atoms with Crippen molar-refractivity contribution in [1.82, 2.24) is 30.4 Å². The van der Waals surface area contributed by atoms with Crippen molar-refractivity contribution in [3.05, 3.63) is 77.1 Å². The number of carbonyl (C=O) groups excluding carboxylic acids is 3. The zero-order valence-corrected chi connectivity index (χ0v) is 23.7. The molecule has 0 aliphatic carbocycles. The van der Waals surface area contributed by atoms with Crippen LogP contribution in [0.5, 0.6) is 0 Å². The SMILES string of the molecule is CC(C)(N)C(=O)N[C@H](COCc1ccc(F)cc1F)c1nnnn1CCOC(=O)N1CC[C@@H](OC(=O)c2ccccc2)C1. The number of carbonyl (C=O) groups is 3. The Bertz CT molecular complexity index is 1420. The first-order valence-corrected chi connectivity index (χ1v) is 13.6. The lowest BCUT2D eigenvalue weighted by molar-refractivity contribution is -0.126. The standard InChI is InChI=1S/C28H33F2N7O6/c1-28(2,31)26(39)32-23(17-41-16-19-8-9-20(29)14-22(19)30)24-33-34-35-37(24)12-13-42-27(40)36-11-10-21(15-36)43-25(38)18-6-4-3-5-7-18/h3-9,14,21,23H,10-13,15-17,31H2,1-2H3,(H,32,39)/t21-,23-/m1/s1. The van der Waals surface area contributed by atoms with Crippen LogP contribution in [0.15, 0.2) is 48.5 Å². The number of tetrazole rings is 1. The molecule has 1 aliphatic rings. The van der Waals surface area contributed by atoms with Gasteiger partial charge in [-0.1, -0.05) is 24.3 Å². The minimum atomic E-state index is -1.24. The number of benzene rings is 2. The molecule has 230 valence electrons. The first-order valence-electron chi connectivity index (χ1n) is 13.6. The molecule has 0 radical (unpaired) electrons. The van der Waals surface area contributed by atoms with Crippen molar-refractivity contribution < 1.29 is 37.4 Å². The van der Waals surface area contributed by atoms with Gasteiger partial charge in [-0.3, -0.25) is 4.79 Å². The molecule has 2 heterocycles. The zero-order chi connectivity index (χ0) is 31.0. The fourth-order valence-electron chi connectivity index (χ4n) is 4.17. The van der Waals surface area contributed by atoms with E-state index in [1.807, 2.05) is 0 Å². The fourth-order valence-corrected chi connectivity index (χ4v) is 4.17. The van der Waals surface area contributed by atoms with E-state index in [-0.39, 0.29) is 44.3 Å². The largest absolute Gasteiger partial charge is 0.457 e. The average Bonchev–Trinajstić information content (AvgIpc) is 3.63. The van der Waals surface area contributed by atoms with Gasteiger partial charge in [0.1, 0.15) is 30.4 Å².